The maximum Gasteiger partial charge on any atom is 0.322 e. The standard InChI is InChI=1S/C21H22N4O3/c1-3-5-17(12-22-2)24-21(27)25-13-19(14-25)28-20-9-8-16(11-23-20)15-6-4-7-18(26)10-15/h3-12,19,26H,2,13-14H2,1H3,(H,24,27)/b5-3-,17-12+. The number of aromatic hydroxyl groups is 1. The molecule has 2 heterocycles. The molecule has 1 fully saturated rings. The summed E-state index contributed by atoms with van der Waals surface area (Å²) in [4.78, 5) is 21.8. The van der Waals surface area contributed by atoms with E-state index in [0.29, 0.717) is 24.7 Å². The van der Waals surface area contributed by atoms with E-state index in [9.17, 15) is 9.90 Å². The average Bonchev–Trinajstić information content (AvgIpc) is 2.65. The Hall–Kier alpha value is -3.61. The number of amides is 2. The number of likely N-dealkylation sites (tertiary alicyclic amines) is 1. The Bertz CT molecular complexity index is 900. The zero-order chi connectivity index (χ0) is 19.9. The highest BCUT2D eigenvalue weighted by atomic mass is 16.5. The normalized spacial score (nSPS) is 14.6. The smallest absolute Gasteiger partial charge is 0.322 e. The van der Waals surface area contributed by atoms with Gasteiger partial charge >= 0.3 is 6.03 Å². The van der Waals surface area contributed by atoms with Gasteiger partial charge in [0.25, 0.3) is 0 Å². The fraction of sp³-hybridized carbons (Fsp3) is 0.190. The highest BCUT2D eigenvalue weighted by molar-refractivity contribution is 5.77. The van der Waals surface area contributed by atoms with Gasteiger partial charge in [0.05, 0.1) is 18.8 Å². The number of aromatic nitrogens is 1. The second-order valence-electron chi connectivity index (χ2n) is 6.28. The van der Waals surface area contributed by atoms with Gasteiger partial charge in [-0.1, -0.05) is 18.2 Å². The largest absolute Gasteiger partial charge is 0.508 e. The predicted molar refractivity (Wildman–Crippen MR) is 108 cm³/mol. The molecule has 0 saturated carbocycles. The van der Waals surface area contributed by atoms with E-state index in [4.69, 9.17) is 4.74 Å². The molecule has 0 aliphatic carbocycles. The fourth-order valence-electron chi connectivity index (χ4n) is 2.75. The van der Waals surface area contributed by atoms with Crippen molar-refractivity contribution in [2.24, 2.45) is 4.99 Å². The first-order chi connectivity index (χ1) is 13.6. The number of aliphatic imine (C=N–C) groups is 1. The molecule has 28 heavy (non-hydrogen) atoms. The van der Waals surface area contributed by atoms with Crippen LogP contribution >= 0.6 is 0 Å². The average molecular weight is 378 g/mol. The monoisotopic (exact) mass is 378 g/mol. The molecule has 0 unspecified atom stereocenters. The minimum atomic E-state index is -0.208. The van der Waals surface area contributed by atoms with Gasteiger partial charge < -0.3 is 20.1 Å². The molecular formula is C21H22N4O3. The molecule has 2 amide bonds. The number of phenols is 1. The number of phenolic OH excluding ortho intramolecular Hbond substituents is 1. The van der Waals surface area contributed by atoms with Crippen LogP contribution in [0.5, 0.6) is 11.6 Å². The van der Waals surface area contributed by atoms with Crippen molar-refractivity contribution in [1.29, 1.82) is 0 Å². The molecular weight excluding hydrogens is 356 g/mol. The van der Waals surface area contributed by atoms with E-state index in [0.717, 1.165) is 11.1 Å². The molecule has 7 nitrogen and oxygen atoms in total. The van der Waals surface area contributed by atoms with Gasteiger partial charge in [-0.15, -0.1) is 0 Å². The second-order valence-corrected chi connectivity index (χ2v) is 6.28. The van der Waals surface area contributed by atoms with Crippen molar-refractivity contribution in [3.8, 4) is 22.8 Å². The summed E-state index contributed by atoms with van der Waals surface area (Å²) >= 11 is 0. The van der Waals surface area contributed by atoms with Crippen LogP contribution in [-0.2, 0) is 0 Å². The predicted octanol–water partition coefficient (Wildman–Crippen LogP) is 3.34. The number of carbonyl (C=O) groups is 1. The van der Waals surface area contributed by atoms with Gasteiger partial charge in [0.2, 0.25) is 5.88 Å². The van der Waals surface area contributed by atoms with Crippen LogP contribution in [-0.4, -0.2) is 46.9 Å². The second kappa shape index (κ2) is 8.85. The summed E-state index contributed by atoms with van der Waals surface area (Å²) in [6, 6.07) is 10.4. The van der Waals surface area contributed by atoms with E-state index >= 15 is 0 Å². The molecule has 1 saturated heterocycles. The number of hydrogen-bond donors (Lipinski definition) is 2. The number of urea groups is 1. The molecule has 1 aliphatic rings. The summed E-state index contributed by atoms with van der Waals surface area (Å²) in [5.74, 6) is 0.710. The lowest BCUT2D eigenvalue weighted by molar-refractivity contribution is 0.0423. The Morgan fingerprint density at radius 1 is 1.36 bits per heavy atom. The van der Waals surface area contributed by atoms with Gasteiger partial charge in [-0.25, -0.2) is 9.78 Å². The first-order valence-corrected chi connectivity index (χ1v) is 8.86. The summed E-state index contributed by atoms with van der Waals surface area (Å²) < 4.78 is 5.81. The Morgan fingerprint density at radius 3 is 2.82 bits per heavy atom. The first kappa shape index (κ1) is 19.2. The van der Waals surface area contributed by atoms with Gasteiger partial charge in [-0.2, -0.15) is 0 Å². The highest BCUT2D eigenvalue weighted by Crippen LogP contribution is 2.24. The minimum Gasteiger partial charge on any atom is -0.508 e. The van der Waals surface area contributed by atoms with Crippen LogP contribution in [0.4, 0.5) is 4.79 Å². The summed E-state index contributed by atoms with van der Waals surface area (Å²) in [5.41, 5.74) is 2.35. The lowest BCUT2D eigenvalue weighted by Gasteiger charge is -2.38. The molecule has 7 heteroatoms. The van der Waals surface area contributed by atoms with Crippen LogP contribution < -0.4 is 10.1 Å². The molecule has 2 aromatic rings. The Balaban J connectivity index is 1.51. The highest BCUT2D eigenvalue weighted by Gasteiger charge is 2.32. The van der Waals surface area contributed by atoms with Crippen molar-refractivity contribution in [3.05, 3.63) is 66.6 Å². The van der Waals surface area contributed by atoms with E-state index < -0.39 is 0 Å². The lowest BCUT2D eigenvalue weighted by Crippen LogP contribution is -2.58. The van der Waals surface area contributed by atoms with Crippen molar-refractivity contribution < 1.29 is 14.6 Å². The van der Waals surface area contributed by atoms with E-state index in [2.05, 4.69) is 22.0 Å². The van der Waals surface area contributed by atoms with Crippen molar-refractivity contribution in [2.75, 3.05) is 13.1 Å². The molecule has 0 bridgehead atoms. The van der Waals surface area contributed by atoms with Crippen molar-refractivity contribution in [1.82, 2.24) is 15.2 Å². The minimum absolute atomic E-state index is 0.100. The third-order valence-corrected chi connectivity index (χ3v) is 4.17. The number of carbonyl (C=O) groups excluding carboxylic acids is 1. The van der Waals surface area contributed by atoms with E-state index in [1.54, 1.807) is 41.4 Å². The lowest BCUT2D eigenvalue weighted by atomic mass is 10.1. The Kier molecular flexibility index (Phi) is 6.06. The first-order valence-electron chi connectivity index (χ1n) is 8.86. The summed E-state index contributed by atoms with van der Waals surface area (Å²) in [5, 5.41) is 12.3. The molecule has 3 rings (SSSR count). The number of rotatable bonds is 6. The fourth-order valence-corrected chi connectivity index (χ4v) is 2.75. The topological polar surface area (TPSA) is 87.1 Å². The molecule has 144 valence electrons. The molecule has 2 N–H and O–H groups in total. The van der Waals surface area contributed by atoms with Crippen LogP contribution in [0.3, 0.4) is 0 Å². The van der Waals surface area contributed by atoms with Gasteiger partial charge in [0.15, 0.2) is 0 Å². The van der Waals surface area contributed by atoms with Crippen molar-refractivity contribution in [3.63, 3.8) is 0 Å². The number of ether oxygens (including phenoxy) is 1. The van der Waals surface area contributed by atoms with Crippen molar-refractivity contribution in [2.45, 2.75) is 13.0 Å². The maximum atomic E-state index is 12.2. The number of allylic oxidation sites excluding steroid dienone is 2. The maximum absolute atomic E-state index is 12.2. The zero-order valence-corrected chi connectivity index (χ0v) is 15.6. The summed E-state index contributed by atoms with van der Waals surface area (Å²) in [6.07, 6.45) is 6.65. The Morgan fingerprint density at radius 2 is 2.18 bits per heavy atom. The third kappa shape index (κ3) is 4.76. The van der Waals surface area contributed by atoms with Crippen LogP contribution in [0.25, 0.3) is 11.1 Å². The number of hydrogen-bond acceptors (Lipinski definition) is 5. The number of nitrogens with zero attached hydrogens (tertiary/aromatic N) is 3. The molecule has 1 aromatic heterocycles. The molecule has 0 radical (unpaired) electrons. The number of pyridine rings is 1. The van der Waals surface area contributed by atoms with Gasteiger partial charge in [0.1, 0.15) is 11.9 Å². The zero-order valence-electron chi connectivity index (χ0n) is 15.6. The van der Waals surface area contributed by atoms with Gasteiger partial charge in [-0.05, 0) is 43.5 Å². The van der Waals surface area contributed by atoms with E-state index in [-0.39, 0.29) is 17.9 Å². The summed E-state index contributed by atoms with van der Waals surface area (Å²) in [7, 11) is 0. The molecule has 0 atom stereocenters. The SMILES string of the molecule is C=N/C=C(\C=C/C)NC(=O)N1CC(Oc2ccc(-c3cccc(O)c3)cn2)C1. The molecule has 1 aromatic carbocycles. The van der Waals surface area contributed by atoms with Crippen LogP contribution in [0.1, 0.15) is 6.92 Å². The van der Waals surface area contributed by atoms with Crippen LogP contribution in [0, 0.1) is 0 Å². The number of benzene rings is 1. The Labute approximate surface area is 163 Å². The van der Waals surface area contributed by atoms with Gasteiger partial charge in [-0.3, -0.25) is 4.99 Å². The molecule has 0 spiro atoms. The number of nitrogens with one attached hydrogen (secondary N) is 1. The van der Waals surface area contributed by atoms with Crippen molar-refractivity contribution >= 4 is 12.7 Å². The van der Waals surface area contributed by atoms with Crippen LogP contribution in [0.2, 0.25) is 0 Å². The van der Waals surface area contributed by atoms with Crippen LogP contribution in [0.15, 0.2) is 71.6 Å². The quantitative estimate of drug-likeness (QED) is 0.596. The van der Waals surface area contributed by atoms with Gasteiger partial charge in [0, 0.05) is 24.0 Å². The van der Waals surface area contributed by atoms with E-state index in [1.165, 1.54) is 6.20 Å². The molecule has 1 aliphatic heterocycles. The van der Waals surface area contributed by atoms with E-state index in [1.807, 2.05) is 25.1 Å². The summed E-state index contributed by atoms with van der Waals surface area (Å²) in [6.45, 7) is 6.21. The third-order valence-electron chi connectivity index (χ3n) is 4.17.